The highest BCUT2D eigenvalue weighted by atomic mass is 19.4. The SMILES string of the molecule is NCCC[C@@H](N)C(=O)N[C@H](CCc1ccc2ccccc2c1)c1nc(C(=O)OC(=O)C(F)(F)F)co1. The smallest absolute Gasteiger partial charge is 0.446 e. The Hall–Kier alpha value is -3.77. The van der Waals surface area contributed by atoms with Crippen LogP contribution in [-0.4, -0.2) is 41.6 Å². The van der Waals surface area contributed by atoms with E-state index in [-0.39, 0.29) is 12.3 Å². The summed E-state index contributed by atoms with van der Waals surface area (Å²) in [4.78, 5) is 39.3. The highest BCUT2D eigenvalue weighted by molar-refractivity contribution is 5.96. The number of hydrogen-bond donors (Lipinski definition) is 3. The fraction of sp³-hybridized carbons (Fsp3) is 0.333. The van der Waals surface area contributed by atoms with Gasteiger partial charge in [-0.3, -0.25) is 4.79 Å². The predicted octanol–water partition coefficient (Wildman–Crippen LogP) is 2.93. The standard InChI is InChI=1S/C24H25F3N4O5/c25-24(26,27)23(34)36-22(33)19-13-35-21(31-19)18(30-20(32)17(29)6-3-11-28)10-8-14-7-9-15-4-1-2-5-16(15)12-14/h1-2,4-5,7,9,12-13,17-18H,3,6,8,10-11,28-29H2,(H,30,32)/t17-,18-/m1/s1. The maximum absolute atomic E-state index is 12.6. The van der Waals surface area contributed by atoms with E-state index in [0.717, 1.165) is 22.6 Å². The Bertz CT molecular complexity index is 1230. The van der Waals surface area contributed by atoms with Gasteiger partial charge >= 0.3 is 18.1 Å². The second-order valence-corrected chi connectivity index (χ2v) is 8.06. The zero-order valence-corrected chi connectivity index (χ0v) is 19.1. The second kappa shape index (κ2) is 11.8. The predicted molar refractivity (Wildman–Crippen MR) is 122 cm³/mol. The van der Waals surface area contributed by atoms with Gasteiger partial charge in [-0.25, -0.2) is 14.6 Å². The van der Waals surface area contributed by atoms with Crippen LogP contribution in [0.15, 0.2) is 53.1 Å². The molecule has 5 N–H and O–H groups in total. The molecule has 0 aliphatic rings. The van der Waals surface area contributed by atoms with Gasteiger partial charge in [-0.05, 0) is 48.6 Å². The summed E-state index contributed by atoms with van der Waals surface area (Å²) in [5.74, 6) is -4.97. The molecule has 0 unspecified atom stereocenters. The van der Waals surface area contributed by atoms with E-state index >= 15 is 0 Å². The highest BCUT2D eigenvalue weighted by Crippen LogP contribution is 2.23. The van der Waals surface area contributed by atoms with Crippen LogP contribution in [0.25, 0.3) is 10.8 Å². The van der Waals surface area contributed by atoms with E-state index in [4.69, 9.17) is 15.9 Å². The monoisotopic (exact) mass is 506 g/mol. The third-order valence-corrected chi connectivity index (χ3v) is 5.35. The molecule has 3 aromatic rings. The number of ether oxygens (including phenoxy) is 1. The lowest BCUT2D eigenvalue weighted by Crippen LogP contribution is -2.42. The van der Waals surface area contributed by atoms with Crippen molar-refractivity contribution in [2.24, 2.45) is 11.5 Å². The van der Waals surface area contributed by atoms with Crippen LogP contribution in [0.2, 0.25) is 0 Å². The zero-order valence-electron chi connectivity index (χ0n) is 19.1. The van der Waals surface area contributed by atoms with Crippen LogP contribution >= 0.6 is 0 Å². The van der Waals surface area contributed by atoms with Gasteiger partial charge in [0, 0.05) is 0 Å². The molecule has 0 fully saturated rings. The molecule has 1 heterocycles. The molecule has 0 spiro atoms. The van der Waals surface area contributed by atoms with Crippen LogP contribution in [0.5, 0.6) is 0 Å². The normalized spacial score (nSPS) is 13.2. The van der Waals surface area contributed by atoms with E-state index in [1.807, 2.05) is 42.5 Å². The summed E-state index contributed by atoms with van der Waals surface area (Å²) in [6.07, 6.45) is -3.00. The molecule has 0 aliphatic heterocycles. The van der Waals surface area contributed by atoms with Gasteiger partial charge in [-0.2, -0.15) is 13.2 Å². The van der Waals surface area contributed by atoms with Crippen molar-refractivity contribution >= 4 is 28.6 Å². The summed E-state index contributed by atoms with van der Waals surface area (Å²) in [7, 11) is 0. The Morgan fingerprint density at radius 3 is 2.50 bits per heavy atom. The fourth-order valence-corrected chi connectivity index (χ4v) is 3.45. The molecule has 0 bridgehead atoms. The number of aryl methyl sites for hydroxylation is 1. The van der Waals surface area contributed by atoms with Crippen LogP contribution in [0, 0.1) is 0 Å². The average Bonchev–Trinajstić information content (AvgIpc) is 3.34. The quantitative estimate of drug-likeness (QED) is 0.281. The number of rotatable bonds is 10. The number of oxazole rings is 1. The van der Waals surface area contributed by atoms with Crippen molar-refractivity contribution in [3.63, 3.8) is 0 Å². The number of amides is 1. The third-order valence-electron chi connectivity index (χ3n) is 5.35. The molecule has 0 aliphatic carbocycles. The Morgan fingerprint density at radius 2 is 1.81 bits per heavy atom. The number of nitrogens with two attached hydrogens (primary N) is 2. The molecule has 0 radical (unpaired) electrons. The lowest BCUT2D eigenvalue weighted by molar-refractivity contribution is -0.193. The van der Waals surface area contributed by atoms with Crippen molar-refractivity contribution in [1.82, 2.24) is 10.3 Å². The zero-order chi connectivity index (χ0) is 26.3. The van der Waals surface area contributed by atoms with E-state index in [9.17, 15) is 27.6 Å². The minimum atomic E-state index is -5.35. The second-order valence-electron chi connectivity index (χ2n) is 8.06. The molecular formula is C24H25F3N4O5. The molecule has 2 aromatic carbocycles. The van der Waals surface area contributed by atoms with E-state index in [2.05, 4.69) is 15.0 Å². The van der Waals surface area contributed by atoms with Crippen LogP contribution < -0.4 is 16.8 Å². The number of benzene rings is 2. The van der Waals surface area contributed by atoms with Crippen molar-refractivity contribution in [1.29, 1.82) is 0 Å². The van der Waals surface area contributed by atoms with Crippen LogP contribution in [0.4, 0.5) is 13.2 Å². The molecule has 1 amide bonds. The van der Waals surface area contributed by atoms with Crippen LogP contribution in [0.1, 0.15) is 47.2 Å². The maximum atomic E-state index is 12.6. The Morgan fingerprint density at radius 1 is 1.08 bits per heavy atom. The molecule has 2 atom stereocenters. The summed E-state index contributed by atoms with van der Waals surface area (Å²) in [5.41, 5.74) is 11.7. The number of nitrogens with zero attached hydrogens (tertiary/aromatic N) is 1. The molecule has 36 heavy (non-hydrogen) atoms. The van der Waals surface area contributed by atoms with Gasteiger partial charge in [0.15, 0.2) is 5.69 Å². The topological polar surface area (TPSA) is 151 Å². The fourth-order valence-electron chi connectivity index (χ4n) is 3.45. The van der Waals surface area contributed by atoms with Crippen LogP contribution in [0.3, 0.4) is 0 Å². The first-order chi connectivity index (χ1) is 17.1. The molecule has 0 saturated heterocycles. The molecule has 1 aromatic heterocycles. The van der Waals surface area contributed by atoms with Crippen molar-refractivity contribution in [3.05, 3.63) is 65.9 Å². The number of esters is 2. The van der Waals surface area contributed by atoms with Crippen LogP contribution in [-0.2, 0) is 20.7 Å². The highest BCUT2D eigenvalue weighted by Gasteiger charge is 2.43. The van der Waals surface area contributed by atoms with Crippen molar-refractivity contribution < 1.29 is 36.7 Å². The molecule has 192 valence electrons. The minimum absolute atomic E-state index is 0.151. The molecule has 9 nitrogen and oxygen atoms in total. The first-order valence-electron chi connectivity index (χ1n) is 11.1. The summed E-state index contributed by atoms with van der Waals surface area (Å²) >= 11 is 0. The molecule has 3 rings (SSSR count). The number of halogens is 3. The van der Waals surface area contributed by atoms with Gasteiger partial charge in [0.2, 0.25) is 11.8 Å². The Balaban J connectivity index is 1.77. The maximum Gasteiger partial charge on any atom is 0.491 e. The van der Waals surface area contributed by atoms with Gasteiger partial charge in [-0.1, -0.05) is 42.5 Å². The number of hydrogen-bond acceptors (Lipinski definition) is 8. The van der Waals surface area contributed by atoms with E-state index in [1.54, 1.807) is 0 Å². The first-order valence-corrected chi connectivity index (χ1v) is 11.1. The van der Waals surface area contributed by atoms with Gasteiger partial charge in [0.05, 0.1) is 6.04 Å². The average molecular weight is 506 g/mol. The summed E-state index contributed by atoms with van der Waals surface area (Å²) in [6, 6.07) is 11.9. The number of aromatic nitrogens is 1. The minimum Gasteiger partial charge on any atom is -0.446 e. The Kier molecular flexibility index (Phi) is 8.78. The number of alkyl halides is 3. The summed E-state index contributed by atoms with van der Waals surface area (Å²) in [5, 5.41) is 4.79. The van der Waals surface area contributed by atoms with Crippen molar-refractivity contribution in [2.45, 2.75) is 43.9 Å². The molecular weight excluding hydrogens is 481 g/mol. The molecule has 12 heteroatoms. The first kappa shape index (κ1) is 26.8. The lowest BCUT2D eigenvalue weighted by atomic mass is 10.0. The number of nitrogens with one attached hydrogen (secondary N) is 1. The van der Waals surface area contributed by atoms with Crippen molar-refractivity contribution in [3.8, 4) is 0 Å². The molecule has 0 saturated carbocycles. The van der Waals surface area contributed by atoms with Gasteiger partial charge < -0.3 is 25.9 Å². The number of carbonyl (C=O) groups excluding carboxylic acids is 3. The van der Waals surface area contributed by atoms with Gasteiger partial charge in [0.25, 0.3) is 0 Å². The van der Waals surface area contributed by atoms with Crippen molar-refractivity contribution in [2.75, 3.05) is 6.54 Å². The number of carbonyl (C=O) groups is 3. The third kappa shape index (κ3) is 7.12. The van der Waals surface area contributed by atoms with E-state index in [1.165, 1.54) is 0 Å². The Labute approximate surface area is 204 Å². The summed E-state index contributed by atoms with van der Waals surface area (Å²) < 4.78 is 46.2. The lowest BCUT2D eigenvalue weighted by Gasteiger charge is -2.19. The van der Waals surface area contributed by atoms with E-state index in [0.29, 0.717) is 25.8 Å². The van der Waals surface area contributed by atoms with Gasteiger partial charge in [0.1, 0.15) is 12.3 Å². The van der Waals surface area contributed by atoms with Gasteiger partial charge in [-0.15, -0.1) is 0 Å². The largest absolute Gasteiger partial charge is 0.491 e. The summed E-state index contributed by atoms with van der Waals surface area (Å²) in [6.45, 7) is 0.355. The van der Waals surface area contributed by atoms with E-state index < -0.39 is 41.8 Å². The number of fused-ring (bicyclic) bond motifs is 1.